The highest BCUT2D eigenvalue weighted by Gasteiger charge is 2.51. The summed E-state index contributed by atoms with van der Waals surface area (Å²) in [4.78, 5) is 30.5. The van der Waals surface area contributed by atoms with Gasteiger partial charge >= 0.3 is 0 Å². The quantitative estimate of drug-likeness (QED) is 0.168. The minimum Gasteiger partial charge on any atom is -0.462 e. The molecular weight excluding hydrogens is 511 g/mol. The molecule has 2 atom stereocenters. The van der Waals surface area contributed by atoms with Gasteiger partial charge in [-0.15, -0.1) is 9.24 Å². The third-order valence-corrected chi connectivity index (χ3v) is 6.91. The van der Waals surface area contributed by atoms with E-state index < -0.39 is 5.41 Å². The first-order valence-corrected chi connectivity index (χ1v) is 13.3. The number of carbonyl (C=O) groups excluding carboxylic acids is 2. The molecule has 1 aromatic carbocycles. The molecule has 3 N–H and O–H groups in total. The van der Waals surface area contributed by atoms with Crippen molar-refractivity contribution in [2.24, 2.45) is 10.4 Å². The van der Waals surface area contributed by atoms with E-state index in [2.05, 4.69) is 43.3 Å². The zero-order valence-corrected chi connectivity index (χ0v) is 23.9. The summed E-state index contributed by atoms with van der Waals surface area (Å²) >= 11 is 0. The summed E-state index contributed by atoms with van der Waals surface area (Å²) in [5.41, 5.74) is 1.83. The topological polar surface area (TPSA) is 101 Å². The average molecular weight is 549 g/mol. The zero-order chi connectivity index (χ0) is 28.4. The van der Waals surface area contributed by atoms with Crippen LogP contribution in [0.2, 0.25) is 0 Å². The third-order valence-electron chi connectivity index (χ3n) is 6.53. The van der Waals surface area contributed by atoms with Crippen molar-refractivity contribution in [2.45, 2.75) is 32.8 Å². The fourth-order valence-corrected chi connectivity index (χ4v) is 4.29. The van der Waals surface area contributed by atoms with Crippen LogP contribution in [0.1, 0.15) is 26.7 Å². The molecule has 1 aromatic rings. The second-order valence-electron chi connectivity index (χ2n) is 9.32. The highest BCUT2D eigenvalue weighted by molar-refractivity contribution is 7.27. The zero-order valence-electron chi connectivity index (χ0n) is 22.8. The number of hydrogen-bond acceptors (Lipinski definition) is 6. The van der Waals surface area contributed by atoms with Gasteiger partial charge in [0.25, 0.3) is 0 Å². The lowest BCUT2D eigenvalue weighted by atomic mass is 9.79. The summed E-state index contributed by atoms with van der Waals surface area (Å²) in [5, 5.41) is 9.79. The Morgan fingerprint density at radius 3 is 2.49 bits per heavy atom. The monoisotopic (exact) mass is 548 g/mol. The lowest BCUT2D eigenvalue weighted by Gasteiger charge is -2.39. The van der Waals surface area contributed by atoms with Gasteiger partial charge in [0.05, 0.1) is 11.8 Å². The average Bonchev–Trinajstić information content (AvgIpc) is 2.88. The number of hydrogen-bond donors (Lipinski definition) is 3. The maximum Gasteiger partial charge on any atom is 0.242 e. The van der Waals surface area contributed by atoms with Gasteiger partial charge in [-0.1, -0.05) is 43.5 Å². The van der Waals surface area contributed by atoms with Gasteiger partial charge in [-0.3, -0.25) is 14.6 Å². The molecule has 0 aromatic heterocycles. The molecule has 2 aliphatic rings. The van der Waals surface area contributed by atoms with Crippen LogP contribution in [0.25, 0.3) is 0 Å². The van der Waals surface area contributed by atoms with Gasteiger partial charge in [-0.05, 0) is 49.9 Å². The highest BCUT2D eigenvalue weighted by Crippen LogP contribution is 2.26. The van der Waals surface area contributed by atoms with E-state index in [1.807, 2.05) is 43.4 Å². The third kappa shape index (κ3) is 7.73. The van der Waals surface area contributed by atoms with Crippen LogP contribution in [-0.4, -0.2) is 43.8 Å². The minimum atomic E-state index is -1.16. The van der Waals surface area contributed by atoms with Crippen LogP contribution < -0.4 is 21.3 Å². The van der Waals surface area contributed by atoms with Gasteiger partial charge in [0, 0.05) is 49.8 Å². The fraction of sp³-hybridized carbons (Fsp3) is 0.300. The Morgan fingerprint density at radius 2 is 1.90 bits per heavy atom. The molecule has 8 nitrogen and oxygen atoms in total. The number of allylic oxidation sites excluding steroid dienone is 7. The number of methoxy groups -OCH3 is 1. The summed E-state index contributed by atoms with van der Waals surface area (Å²) in [6.45, 7) is 11.8. The van der Waals surface area contributed by atoms with Crippen LogP contribution >= 0.6 is 9.24 Å². The van der Waals surface area contributed by atoms with Crippen molar-refractivity contribution in [3.05, 3.63) is 96.8 Å². The number of carbonyl (C=O) groups is 2. The fourth-order valence-electron chi connectivity index (χ4n) is 4.10. The van der Waals surface area contributed by atoms with Gasteiger partial charge in [-0.2, -0.15) is 0 Å². The molecule has 1 aliphatic carbocycles. The highest BCUT2D eigenvalue weighted by atomic mass is 31.0. The number of anilines is 1. The molecule has 3 rings (SSSR count). The summed E-state index contributed by atoms with van der Waals surface area (Å²) in [6.07, 6.45) is 11.9. The normalized spacial score (nSPS) is 21.0. The van der Waals surface area contributed by atoms with E-state index in [9.17, 15) is 9.59 Å². The Labute approximate surface area is 232 Å². The first-order chi connectivity index (χ1) is 18.7. The van der Waals surface area contributed by atoms with Crippen molar-refractivity contribution in [3.63, 3.8) is 0 Å². The molecule has 1 saturated heterocycles. The van der Waals surface area contributed by atoms with Crippen molar-refractivity contribution in [3.8, 4) is 0 Å². The maximum absolute atomic E-state index is 13.1. The van der Waals surface area contributed by atoms with Gasteiger partial charge in [0.15, 0.2) is 5.41 Å². The van der Waals surface area contributed by atoms with Crippen LogP contribution in [0.3, 0.4) is 0 Å². The van der Waals surface area contributed by atoms with Gasteiger partial charge in [-0.25, -0.2) is 0 Å². The molecule has 0 radical (unpaired) electrons. The molecule has 1 fully saturated rings. The largest absolute Gasteiger partial charge is 0.462 e. The summed E-state index contributed by atoms with van der Waals surface area (Å²) in [5.74, 6) is 0.583. The molecule has 9 heteroatoms. The Morgan fingerprint density at radius 1 is 1.18 bits per heavy atom. The Kier molecular flexibility index (Phi) is 10.8. The SMILES string of the molecule is C=CN=C1CC(OC)C=C/C1=C(/C)OC(C=C)=CC/C=C(\C)NC(=O)C1(C(=O)Nc2ccc(P)cc2)CNC1. The molecule has 1 heterocycles. The van der Waals surface area contributed by atoms with Crippen molar-refractivity contribution < 1.29 is 19.1 Å². The molecule has 2 amide bonds. The standard InChI is InChI=1S/C30H37N4O4P/c1-6-23(38-21(4)26-16-13-24(37-5)17-27(26)32-7-2)10-8-9-20(3)33-28(35)30(18-31-19-30)29(36)34-22-11-14-25(39)15-12-22/h6-7,9-16,24,31H,1-2,8,17-19,39H2,3-5H3,(H,33,35)(H,34,36)/b20-9+,23-10?,26-21+,32-27?. The van der Waals surface area contributed by atoms with Crippen LogP contribution in [0.15, 0.2) is 102 Å². The number of aliphatic imine (C=N–C) groups is 1. The number of rotatable bonds is 11. The molecule has 206 valence electrons. The van der Waals surface area contributed by atoms with Gasteiger partial charge < -0.3 is 25.4 Å². The number of benzene rings is 1. The molecule has 1 aliphatic heterocycles. The summed E-state index contributed by atoms with van der Waals surface area (Å²) < 4.78 is 11.5. The molecule has 39 heavy (non-hydrogen) atoms. The lowest BCUT2D eigenvalue weighted by Crippen LogP contribution is -2.66. The first kappa shape index (κ1) is 30.0. The predicted octanol–water partition coefficient (Wildman–Crippen LogP) is 4.05. The number of nitrogens with zero attached hydrogens (tertiary/aromatic N) is 1. The van der Waals surface area contributed by atoms with E-state index in [0.717, 1.165) is 16.6 Å². The number of amides is 2. The second-order valence-corrected chi connectivity index (χ2v) is 9.98. The van der Waals surface area contributed by atoms with E-state index >= 15 is 0 Å². The molecule has 2 unspecified atom stereocenters. The minimum absolute atomic E-state index is 0.0410. The molecule has 0 bridgehead atoms. The lowest BCUT2D eigenvalue weighted by molar-refractivity contribution is -0.143. The summed E-state index contributed by atoms with van der Waals surface area (Å²) in [7, 11) is 4.26. The molecule has 0 saturated carbocycles. The predicted molar refractivity (Wildman–Crippen MR) is 160 cm³/mol. The Bertz CT molecular complexity index is 1250. The summed E-state index contributed by atoms with van der Waals surface area (Å²) in [6, 6.07) is 7.37. The van der Waals surface area contributed by atoms with E-state index in [0.29, 0.717) is 35.7 Å². The Hall–Kier alpha value is -3.58. The second kappa shape index (κ2) is 14.0. The van der Waals surface area contributed by atoms with Gasteiger partial charge in [0.2, 0.25) is 11.8 Å². The van der Waals surface area contributed by atoms with Gasteiger partial charge in [0.1, 0.15) is 11.5 Å². The van der Waals surface area contributed by atoms with E-state index in [-0.39, 0.29) is 31.0 Å². The van der Waals surface area contributed by atoms with Crippen LogP contribution in [0.5, 0.6) is 0 Å². The molecule has 0 spiro atoms. The maximum atomic E-state index is 13.1. The van der Waals surface area contributed by atoms with E-state index in [1.54, 1.807) is 32.2 Å². The van der Waals surface area contributed by atoms with E-state index in [4.69, 9.17) is 9.47 Å². The van der Waals surface area contributed by atoms with Crippen LogP contribution in [0.4, 0.5) is 5.69 Å². The van der Waals surface area contributed by atoms with Crippen LogP contribution in [-0.2, 0) is 19.1 Å². The van der Waals surface area contributed by atoms with Crippen LogP contribution in [0, 0.1) is 5.41 Å². The van der Waals surface area contributed by atoms with Crippen molar-refractivity contribution >= 4 is 37.8 Å². The number of ether oxygens (including phenoxy) is 2. The molecular formula is C30H37N4O4P. The van der Waals surface area contributed by atoms with Crippen molar-refractivity contribution in [1.29, 1.82) is 0 Å². The first-order valence-electron chi connectivity index (χ1n) is 12.7. The number of nitrogens with one attached hydrogen (secondary N) is 3. The Balaban J connectivity index is 1.63. The van der Waals surface area contributed by atoms with Crippen molar-refractivity contribution in [2.75, 3.05) is 25.5 Å². The van der Waals surface area contributed by atoms with E-state index in [1.165, 1.54) is 6.20 Å². The van der Waals surface area contributed by atoms with Crippen molar-refractivity contribution in [1.82, 2.24) is 10.6 Å². The smallest absolute Gasteiger partial charge is 0.242 e.